The van der Waals surface area contributed by atoms with Crippen LogP contribution < -0.4 is 4.90 Å². The standard InChI is InChI=1S/C13H21NO/c1-11-6-7-13(12(2)10-11)14(3)8-4-5-9-15/h6-7,10,15H,4-5,8-9H2,1-3H3. The van der Waals surface area contributed by atoms with Crippen LogP contribution in [-0.2, 0) is 0 Å². The van der Waals surface area contributed by atoms with Crippen molar-refractivity contribution in [3.8, 4) is 0 Å². The van der Waals surface area contributed by atoms with Crippen LogP contribution in [0.5, 0.6) is 0 Å². The van der Waals surface area contributed by atoms with Crippen LogP contribution in [0.1, 0.15) is 24.0 Å². The second-order valence-corrected chi connectivity index (χ2v) is 4.14. The van der Waals surface area contributed by atoms with E-state index in [9.17, 15) is 0 Å². The van der Waals surface area contributed by atoms with Gasteiger partial charge in [0.2, 0.25) is 0 Å². The minimum atomic E-state index is 0.292. The van der Waals surface area contributed by atoms with Gasteiger partial charge in [-0.1, -0.05) is 17.7 Å². The lowest BCUT2D eigenvalue weighted by molar-refractivity contribution is 0.285. The molecule has 0 aliphatic heterocycles. The summed E-state index contributed by atoms with van der Waals surface area (Å²) in [4.78, 5) is 2.25. The smallest absolute Gasteiger partial charge is 0.0431 e. The maximum absolute atomic E-state index is 8.72. The van der Waals surface area contributed by atoms with Gasteiger partial charge in [-0.25, -0.2) is 0 Å². The van der Waals surface area contributed by atoms with Crippen molar-refractivity contribution < 1.29 is 5.11 Å². The van der Waals surface area contributed by atoms with Crippen molar-refractivity contribution in [2.24, 2.45) is 0 Å². The minimum Gasteiger partial charge on any atom is -0.396 e. The summed E-state index contributed by atoms with van der Waals surface area (Å²) in [5.74, 6) is 0. The summed E-state index contributed by atoms with van der Waals surface area (Å²) in [6, 6.07) is 6.52. The molecule has 0 aliphatic rings. The van der Waals surface area contributed by atoms with E-state index in [1.165, 1.54) is 16.8 Å². The number of unbranched alkanes of at least 4 members (excludes halogenated alkanes) is 1. The van der Waals surface area contributed by atoms with E-state index in [-0.39, 0.29) is 0 Å². The van der Waals surface area contributed by atoms with Crippen LogP contribution in [0.25, 0.3) is 0 Å². The first-order valence-electron chi connectivity index (χ1n) is 5.54. The van der Waals surface area contributed by atoms with Gasteiger partial charge in [0.25, 0.3) is 0 Å². The first-order valence-corrected chi connectivity index (χ1v) is 5.54. The zero-order chi connectivity index (χ0) is 11.3. The van der Waals surface area contributed by atoms with Gasteiger partial charge in [0, 0.05) is 25.9 Å². The molecule has 0 unspecified atom stereocenters. The second-order valence-electron chi connectivity index (χ2n) is 4.14. The molecule has 0 bridgehead atoms. The molecule has 2 heteroatoms. The molecule has 0 amide bonds. The highest BCUT2D eigenvalue weighted by molar-refractivity contribution is 5.53. The Kier molecular flexibility index (Phi) is 4.63. The van der Waals surface area contributed by atoms with Crippen LogP contribution in [0.4, 0.5) is 5.69 Å². The number of aliphatic hydroxyl groups excluding tert-OH is 1. The molecule has 15 heavy (non-hydrogen) atoms. The molecule has 0 spiro atoms. The SMILES string of the molecule is Cc1ccc(N(C)CCCCO)c(C)c1. The Morgan fingerprint density at radius 1 is 1.20 bits per heavy atom. The van der Waals surface area contributed by atoms with Gasteiger partial charge in [-0.2, -0.15) is 0 Å². The monoisotopic (exact) mass is 207 g/mol. The van der Waals surface area contributed by atoms with E-state index in [0.717, 1.165) is 19.4 Å². The number of rotatable bonds is 5. The van der Waals surface area contributed by atoms with E-state index in [1.807, 2.05) is 0 Å². The molecule has 1 aromatic carbocycles. The van der Waals surface area contributed by atoms with Crippen LogP contribution in [0, 0.1) is 13.8 Å². The fourth-order valence-electron chi connectivity index (χ4n) is 1.81. The fraction of sp³-hybridized carbons (Fsp3) is 0.538. The Morgan fingerprint density at radius 3 is 2.53 bits per heavy atom. The van der Waals surface area contributed by atoms with Gasteiger partial charge in [-0.3, -0.25) is 0 Å². The molecule has 0 heterocycles. The van der Waals surface area contributed by atoms with E-state index >= 15 is 0 Å². The maximum atomic E-state index is 8.72. The zero-order valence-corrected chi connectivity index (χ0v) is 9.95. The van der Waals surface area contributed by atoms with Crippen molar-refractivity contribution in [2.75, 3.05) is 25.1 Å². The van der Waals surface area contributed by atoms with E-state index < -0.39 is 0 Å². The Morgan fingerprint density at radius 2 is 1.93 bits per heavy atom. The fourth-order valence-corrected chi connectivity index (χ4v) is 1.81. The summed E-state index contributed by atoms with van der Waals surface area (Å²) in [5, 5.41) is 8.72. The highest BCUT2D eigenvalue weighted by Gasteiger charge is 2.03. The quantitative estimate of drug-likeness (QED) is 0.750. The average Bonchev–Trinajstić information content (AvgIpc) is 2.17. The van der Waals surface area contributed by atoms with E-state index in [4.69, 9.17) is 5.11 Å². The predicted molar refractivity (Wildman–Crippen MR) is 65.5 cm³/mol. The number of hydrogen-bond acceptors (Lipinski definition) is 2. The predicted octanol–water partition coefficient (Wildman–Crippen LogP) is 2.51. The largest absolute Gasteiger partial charge is 0.396 e. The molecule has 0 atom stereocenters. The van der Waals surface area contributed by atoms with Gasteiger partial charge in [0.1, 0.15) is 0 Å². The summed E-state index contributed by atoms with van der Waals surface area (Å²) in [5.41, 5.74) is 3.92. The van der Waals surface area contributed by atoms with Gasteiger partial charge < -0.3 is 10.0 Å². The summed E-state index contributed by atoms with van der Waals surface area (Å²) in [6.07, 6.45) is 1.93. The number of anilines is 1. The van der Waals surface area contributed by atoms with Gasteiger partial charge in [0.05, 0.1) is 0 Å². The third kappa shape index (κ3) is 3.56. The van der Waals surface area contributed by atoms with Crippen LogP contribution in [-0.4, -0.2) is 25.3 Å². The van der Waals surface area contributed by atoms with Gasteiger partial charge >= 0.3 is 0 Å². The lowest BCUT2D eigenvalue weighted by atomic mass is 10.1. The Balaban J connectivity index is 2.61. The molecule has 1 rings (SSSR count). The Hall–Kier alpha value is -1.02. The van der Waals surface area contributed by atoms with Gasteiger partial charge in [-0.15, -0.1) is 0 Å². The number of benzene rings is 1. The Labute approximate surface area is 92.5 Å². The normalized spacial score (nSPS) is 10.4. The van der Waals surface area contributed by atoms with Crippen LogP contribution in [0.15, 0.2) is 18.2 Å². The number of nitrogens with zero attached hydrogens (tertiary/aromatic N) is 1. The van der Waals surface area contributed by atoms with Crippen molar-refractivity contribution in [1.82, 2.24) is 0 Å². The topological polar surface area (TPSA) is 23.5 Å². The van der Waals surface area contributed by atoms with Crippen molar-refractivity contribution in [3.05, 3.63) is 29.3 Å². The van der Waals surface area contributed by atoms with Crippen LogP contribution >= 0.6 is 0 Å². The lowest BCUT2D eigenvalue weighted by Gasteiger charge is -2.21. The molecular formula is C13H21NO. The molecule has 0 fully saturated rings. The number of aliphatic hydroxyl groups is 1. The molecule has 2 nitrogen and oxygen atoms in total. The molecule has 0 radical (unpaired) electrons. The number of aryl methyl sites for hydroxylation is 2. The van der Waals surface area contributed by atoms with Crippen molar-refractivity contribution in [3.63, 3.8) is 0 Å². The summed E-state index contributed by atoms with van der Waals surface area (Å²) >= 11 is 0. The summed E-state index contributed by atoms with van der Waals surface area (Å²) in [7, 11) is 2.11. The van der Waals surface area contributed by atoms with Crippen molar-refractivity contribution >= 4 is 5.69 Å². The van der Waals surface area contributed by atoms with Crippen LogP contribution in [0.2, 0.25) is 0 Å². The molecule has 1 aromatic rings. The zero-order valence-electron chi connectivity index (χ0n) is 9.95. The van der Waals surface area contributed by atoms with Crippen molar-refractivity contribution in [1.29, 1.82) is 0 Å². The lowest BCUT2D eigenvalue weighted by Crippen LogP contribution is -2.19. The molecule has 1 N–H and O–H groups in total. The van der Waals surface area contributed by atoms with E-state index in [0.29, 0.717) is 6.61 Å². The van der Waals surface area contributed by atoms with Gasteiger partial charge in [-0.05, 0) is 38.3 Å². The third-order valence-electron chi connectivity index (χ3n) is 2.67. The summed E-state index contributed by atoms with van der Waals surface area (Å²) < 4.78 is 0. The third-order valence-corrected chi connectivity index (χ3v) is 2.67. The van der Waals surface area contributed by atoms with E-state index in [2.05, 4.69) is 44.0 Å². The Bertz CT molecular complexity index is 309. The first-order chi connectivity index (χ1) is 7.15. The highest BCUT2D eigenvalue weighted by atomic mass is 16.2. The minimum absolute atomic E-state index is 0.292. The molecule has 0 aromatic heterocycles. The maximum Gasteiger partial charge on any atom is 0.0431 e. The second kappa shape index (κ2) is 5.76. The average molecular weight is 207 g/mol. The highest BCUT2D eigenvalue weighted by Crippen LogP contribution is 2.20. The summed E-state index contributed by atoms with van der Waals surface area (Å²) in [6.45, 7) is 5.55. The van der Waals surface area contributed by atoms with Crippen molar-refractivity contribution in [2.45, 2.75) is 26.7 Å². The molecule has 0 saturated carbocycles. The van der Waals surface area contributed by atoms with Crippen LogP contribution in [0.3, 0.4) is 0 Å². The van der Waals surface area contributed by atoms with Gasteiger partial charge in [0.15, 0.2) is 0 Å². The number of hydrogen-bond donors (Lipinski definition) is 1. The molecule has 84 valence electrons. The molecule has 0 aliphatic carbocycles. The molecule has 0 saturated heterocycles. The molecular weight excluding hydrogens is 186 g/mol. The first kappa shape index (κ1) is 12.1. The van der Waals surface area contributed by atoms with E-state index in [1.54, 1.807) is 0 Å².